The highest BCUT2D eigenvalue weighted by molar-refractivity contribution is 5.92. The quantitative estimate of drug-likeness (QED) is 0.902. The van der Waals surface area contributed by atoms with E-state index in [2.05, 4.69) is 15.8 Å². The summed E-state index contributed by atoms with van der Waals surface area (Å²) in [7, 11) is 0. The average Bonchev–Trinajstić information content (AvgIpc) is 2.82. The summed E-state index contributed by atoms with van der Waals surface area (Å²) in [5.41, 5.74) is 3.31. The van der Waals surface area contributed by atoms with Gasteiger partial charge in [0.1, 0.15) is 11.6 Å². The van der Waals surface area contributed by atoms with Crippen LogP contribution in [-0.4, -0.2) is 17.6 Å². The first-order valence-corrected chi connectivity index (χ1v) is 7.29. The average molecular weight is 340 g/mol. The van der Waals surface area contributed by atoms with E-state index < -0.39 is 0 Å². The van der Waals surface area contributed by atoms with Crippen molar-refractivity contribution < 1.29 is 13.7 Å². The van der Waals surface area contributed by atoms with Crippen LogP contribution < -0.4 is 10.6 Å². The highest BCUT2D eigenvalue weighted by Crippen LogP contribution is 2.25. The number of nitrogens with one attached hydrogen (secondary N) is 2. The second kappa shape index (κ2) is 7.10. The predicted octanol–water partition coefficient (Wildman–Crippen LogP) is 2.68. The first-order valence-electron chi connectivity index (χ1n) is 7.29. The monoisotopic (exact) mass is 339 g/mol. The first kappa shape index (κ1) is 17.4. The van der Waals surface area contributed by atoms with Gasteiger partial charge < -0.3 is 15.2 Å². The third-order valence-electron chi connectivity index (χ3n) is 4.00. The van der Waals surface area contributed by atoms with Gasteiger partial charge in [-0.3, -0.25) is 4.79 Å². The molecule has 2 heterocycles. The van der Waals surface area contributed by atoms with Crippen molar-refractivity contribution >= 4 is 24.0 Å². The minimum Gasteiger partial charge on any atom is -0.361 e. The van der Waals surface area contributed by atoms with Gasteiger partial charge in [-0.2, -0.15) is 0 Å². The molecule has 0 bridgehead atoms. The lowest BCUT2D eigenvalue weighted by Gasteiger charge is -2.19. The van der Waals surface area contributed by atoms with Gasteiger partial charge in [0.15, 0.2) is 0 Å². The van der Waals surface area contributed by atoms with Crippen LogP contribution in [0.15, 0.2) is 16.7 Å². The summed E-state index contributed by atoms with van der Waals surface area (Å²) in [6.45, 7) is 4.96. The van der Waals surface area contributed by atoms with Crippen molar-refractivity contribution in [2.45, 2.75) is 33.2 Å². The summed E-state index contributed by atoms with van der Waals surface area (Å²) in [5.74, 6) is 0.0120. The largest absolute Gasteiger partial charge is 0.361 e. The number of aryl methyl sites for hydroxylation is 2. The van der Waals surface area contributed by atoms with Gasteiger partial charge in [-0.1, -0.05) is 11.2 Å². The van der Waals surface area contributed by atoms with E-state index >= 15 is 0 Å². The Hall–Kier alpha value is -1.92. The van der Waals surface area contributed by atoms with Crippen LogP contribution in [0.5, 0.6) is 0 Å². The molecule has 0 saturated heterocycles. The van der Waals surface area contributed by atoms with Crippen LogP contribution in [0.3, 0.4) is 0 Å². The van der Waals surface area contributed by atoms with E-state index in [1.165, 1.54) is 0 Å². The third kappa shape index (κ3) is 3.54. The van der Waals surface area contributed by atoms with Crippen molar-refractivity contribution in [3.63, 3.8) is 0 Å². The molecule has 0 spiro atoms. The van der Waals surface area contributed by atoms with E-state index in [1.54, 1.807) is 19.9 Å². The number of carbonyl (C=O) groups is 1. The summed E-state index contributed by atoms with van der Waals surface area (Å²) in [6.07, 6.45) is 0.758. The van der Waals surface area contributed by atoms with Gasteiger partial charge in [0, 0.05) is 12.1 Å². The van der Waals surface area contributed by atoms with Gasteiger partial charge in [-0.05, 0) is 44.0 Å². The van der Waals surface area contributed by atoms with Crippen LogP contribution in [0.25, 0.3) is 0 Å². The number of hydrogen-bond acceptors (Lipinski definition) is 4. The van der Waals surface area contributed by atoms with Crippen LogP contribution in [-0.2, 0) is 24.2 Å². The molecule has 0 radical (unpaired) electrons. The number of halogens is 2. The topological polar surface area (TPSA) is 67.2 Å². The van der Waals surface area contributed by atoms with E-state index in [0.29, 0.717) is 30.0 Å². The fraction of sp³-hybridized carbons (Fsp3) is 0.375. The molecule has 3 rings (SSSR count). The second-order valence-electron chi connectivity index (χ2n) is 5.52. The number of carbonyl (C=O) groups excluding carboxylic acids is 1. The number of anilines is 1. The lowest BCUT2D eigenvalue weighted by Crippen LogP contribution is -2.25. The molecule has 124 valence electrons. The van der Waals surface area contributed by atoms with Crippen molar-refractivity contribution in [2.75, 3.05) is 11.9 Å². The molecule has 23 heavy (non-hydrogen) atoms. The summed E-state index contributed by atoms with van der Waals surface area (Å²) in [5, 5.41) is 9.66. The summed E-state index contributed by atoms with van der Waals surface area (Å²) >= 11 is 0. The molecular formula is C16H19ClFN3O2. The standard InChI is InChI=1S/C16H18FN3O2.ClH/c1-9-13(10(2)22-20-9)7-15(21)19-14-4-3-11-8-18-6-5-12(11)16(14)17;/h3-4,18H,5-8H2,1-2H3,(H,19,21);1H. The highest BCUT2D eigenvalue weighted by Gasteiger charge is 2.19. The Balaban J connectivity index is 0.00000192. The normalized spacial score (nSPS) is 13.2. The Kier molecular flexibility index (Phi) is 5.38. The molecule has 1 aliphatic heterocycles. The zero-order chi connectivity index (χ0) is 15.7. The summed E-state index contributed by atoms with van der Waals surface area (Å²) < 4.78 is 19.5. The lowest BCUT2D eigenvalue weighted by molar-refractivity contribution is -0.115. The third-order valence-corrected chi connectivity index (χ3v) is 4.00. The van der Waals surface area contributed by atoms with Crippen LogP contribution in [0.2, 0.25) is 0 Å². The smallest absolute Gasteiger partial charge is 0.229 e. The zero-order valence-corrected chi connectivity index (χ0v) is 13.8. The van der Waals surface area contributed by atoms with Crippen LogP contribution in [0.1, 0.15) is 28.1 Å². The van der Waals surface area contributed by atoms with Crippen molar-refractivity contribution in [3.05, 3.63) is 46.1 Å². The predicted molar refractivity (Wildman–Crippen MR) is 87.4 cm³/mol. The molecule has 1 aromatic carbocycles. The fourth-order valence-electron chi connectivity index (χ4n) is 2.74. The molecular weight excluding hydrogens is 321 g/mol. The van der Waals surface area contributed by atoms with E-state index in [-0.39, 0.29) is 36.2 Å². The Morgan fingerprint density at radius 1 is 1.43 bits per heavy atom. The van der Waals surface area contributed by atoms with Gasteiger partial charge in [0.05, 0.1) is 17.8 Å². The molecule has 7 heteroatoms. The number of benzene rings is 1. The van der Waals surface area contributed by atoms with Gasteiger partial charge in [-0.15, -0.1) is 12.4 Å². The molecule has 1 aromatic heterocycles. The number of rotatable bonds is 3. The molecule has 2 aromatic rings. The maximum atomic E-state index is 14.5. The van der Waals surface area contributed by atoms with E-state index in [9.17, 15) is 9.18 Å². The Morgan fingerprint density at radius 3 is 2.91 bits per heavy atom. The minimum absolute atomic E-state index is 0. The Bertz CT molecular complexity index is 711. The van der Waals surface area contributed by atoms with Crippen LogP contribution in [0.4, 0.5) is 10.1 Å². The van der Waals surface area contributed by atoms with Gasteiger partial charge >= 0.3 is 0 Å². The van der Waals surface area contributed by atoms with Crippen LogP contribution >= 0.6 is 12.4 Å². The van der Waals surface area contributed by atoms with Crippen LogP contribution in [0, 0.1) is 19.7 Å². The molecule has 0 aliphatic carbocycles. The summed E-state index contributed by atoms with van der Waals surface area (Å²) in [6, 6.07) is 3.47. The maximum Gasteiger partial charge on any atom is 0.229 e. The first-order chi connectivity index (χ1) is 10.6. The molecule has 1 amide bonds. The van der Waals surface area contributed by atoms with Gasteiger partial charge in [0.2, 0.25) is 5.91 Å². The number of nitrogens with zero attached hydrogens (tertiary/aromatic N) is 1. The van der Waals surface area contributed by atoms with Crippen molar-refractivity contribution in [3.8, 4) is 0 Å². The molecule has 0 atom stereocenters. The number of hydrogen-bond donors (Lipinski definition) is 2. The van der Waals surface area contributed by atoms with Gasteiger partial charge in [-0.25, -0.2) is 4.39 Å². The van der Waals surface area contributed by atoms with Crippen molar-refractivity contribution in [1.82, 2.24) is 10.5 Å². The SMILES string of the molecule is Cc1noc(C)c1CC(=O)Nc1ccc2c(c1F)CCNC2.Cl. The fourth-order valence-corrected chi connectivity index (χ4v) is 2.74. The van der Waals surface area contributed by atoms with E-state index in [0.717, 1.165) is 17.7 Å². The Labute approximate surface area is 140 Å². The zero-order valence-electron chi connectivity index (χ0n) is 13.0. The van der Waals surface area contributed by atoms with E-state index in [4.69, 9.17) is 4.52 Å². The number of amides is 1. The number of fused-ring (bicyclic) bond motifs is 1. The minimum atomic E-state index is -0.328. The molecule has 0 saturated carbocycles. The lowest BCUT2D eigenvalue weighted by atomic mass is 9.99. The second-order valence-corrected chi connectivity index (χ2v) is 5.52. The number of aromatic nitrogens is 1. The molecule has 0 unspecified atom stereocenters. The maximum absolute atomic E-state index is 14.5. The summed E-state index contributed by atoms with van der Waals surface area (Å²) in [4.78, 5) is 12.1. The van der Waals surface area contributed by atoms with E-state index in [1.807, 2.05) is 6.07 Å². The molecule has 0 fully saturated rings. The van der Waals surface area contributed by atoms with Crippen molar-refractivity contribution in [2.24, 2.45) is 0 Å². The molecule has 1 aliphatic rings. The van der Waals surface area contributed by atoms with Crippen molar-refractivity contribution in [1.29, 1.82) is 0 Å². The highest BCUT2D eigenvalue weighted by atomic mass is 35.5. The van der Waals surface area contributed by atoms with Gasteiger partial charge in [0.25, 0.3) is 0 Å². The molecule has 5 nitrogen and oxygen atoms in total. The molecule has 2 N–H and O–H groups in total. The Morgan fingerprint density at radius 2 is 2.22 bits per heavy atom.